The average Bonchev–Trinajstić information content (AvgIpc) is 2.21. The first kappa shape index (κ1) is 12.0. The van der Waals surface area contributed by atoms with Gasteiger partial charge in [-0.3, -0.25) is 0 Å². The topological polar surface area (TPSA) is 61.0 Å². The number of halogens is 1. The van der Waals surface area contributed by atoms with Crippen LogP contribution < -0.4 is 10.5 Å². The van der Waals surface area contributed by atoms with E-state index in [1.807, 2.05) is 0 Å². The third kappa shape index (κ3) is 3.55. The van der Waals surface area contributed by atoms with Crippen molar-refractivity contribution in [1.29, 1.82) is 0 Å². The standard InChI is InChI=1S/C10H16ClN3O/c1-3-4-7(2)5-15-10-8(11)9(12)13-6-14-10/h6-7H,3-5H2,1-2H3,(H2,12,13,14). The predicted octanol–water partition coefficient (Wildman–Crippen LogP) is 2.53. The number of aromatic nitrogens is 2. The van der Waals surface area contributed by atoms with Crippen LogP contribution in [0.2, 0.25) is 5.02 Å². The highest BCUT2D eigenvalue weighted by Crippen LogP contribution is 2.25. The molecule has 15 heavy (non-hydrogen) atoms. The van der Waals surface area contributed by atoms with E-state index in [9.17, 15) is 0 Å². The van der Waals surface area contributed by atoms with E-state index in [1.165, 1.54) is 6.33 Å². The molecule has 0 aromatic carbocycles. The van der Waals surface area contributed by atoms with Gasteiger partial charge in [0.25, 0.3) is 0 Å². The van der Waals surface area contributed by atoms with E-state index < -0.39 is 0 Å². The minimum atomic E-state index is 0.254. The van der Waals surface area contributed by atoms with Crippen LogP contribution >= 0.6 is 11.6 Å². The van der Waals surface area contributed by atoms with E-state index in [-0.39, 0.29) is 5.82 Å². The molecule has 0 radical (unpaired) electrons. The maximum absolute atomic E-state index is 5.88. The molecule has 1 heterocycles. The van der Waals surface area contributed by atoms with Crippen molar-refractivity contribution in [3.63, 3.8) is 0 Å². The van der Waals surface area contributed by atoms with Crippen molar-refractivity contribution < 1.29 is 4.74 Å². The average molecular weight is 230 g/mol. The van der Waals surface area contributed by atoms with Gasteiger partial charge in [-0.2, -0.15) is 0 Å². The molecule has 1 aromatic rings. The number of nitrogen functional groups attached to an aromatic ring is 1. The first-order valence-corrected chi connectivity index (χ1v) is 5.41. The lowest BCUT2D eigenvalue weighted by Crippen LogP contribution is -2.10. The summed E-state index contributed by atoms with van der Waals surface area (Å²) in [6.45, 7) is 4.87. The fourth-order valence-corrected chi connectivity index (χ4v) is 1.42. The Bertz CT molecular complexity index is 320. The van der Waals surface area contributed by atoms with Crippen molar-refractivity contribution in [2.24, 2.45) is 5.92 Å². The second-order valence-corrected chi connectivity index (χ2v) is 3.96. The van der Waals surface area contributed by atoms with Gasteiger partial charge in [0.1, 0.15) is 17.2 Å². The number of hydrogen-bond acceptors (Lipinski definition) is 4. The molecule has 4 nitrogen and oxygen atoms in total. The molecule has 0 spiro atoms. The lowest BCUT2D eigenvalue weighted by atomic mass is 10.1. The van der Waals surface area contributed by atoms with Gasteiger partial charge >= 0.3 is 0 Å². The van der Waals surface area contributed by atoms with Gasteiger partial charge < -0.3 is 10.5 Å². The van der Waals surface area contributed by atoms with E-state index in [4.69, 9.17) is 22.1 Å². The Labute approximate surface area is 94.8 Å². The summed E-state index contributed by atoms with van der Waals surface area (Å²) >= 11 is 5.88. The second-order valence-electron chi connectivity index (χ2n) is 3.58. The summed E-state index contributed by atoms with van der Waals surface area (Å²) < 4.78 is 5.47. The van der Waals surface area contributed by atoms with E-state index in [0.717, 1.165) is 12.8 Å². The smallest absolute Gasteiger partial charge is 0.237 e. The van der Waals surface area contributed by atoms with Gasteiger partial charge in [0, 0.05) is 0 Å². The molecule has 1 unspecified atom stereocenters. The van der Waals surface area contributed by atoms with Gasteiger partial charge in [-0.05, 0) is 12.3 Å². The normalized spacial score (nSPS) is 12.5. The number of hydrogen-bond donors (Lipinski definition) is 1. The third-order valence-electron chi connectivity index (χ3n) is 2.07. The quantitative estimate of drug-likeness (QED) is 0.843. The monoisotopic (exact) mass is 229 g/mol. The molecule has 0 aliphatic carbocycles. The van der Waals surface area contributed by atoms with Crippen molar-refractivity contribution >= 4 is 17.4 Å². The van der Waals surface area contributed by atoms with Crippen LogP contribution in [0, 0.1) is 5.92 Å². The van der Waals surface area contributed by atoms with Crippen LogP contribution in [0.4, 0.5) is 5.82 Å². The zero-order valence-electron chi connectivity index (χ0n) is 9.03. The summed E-state index contributed by atoms with van der Waals surface area (Å²) in [6.07, 6.45) is 3.61. The Kier molecular flexibility index (Phi) is 4.62. The Morgan fingerprint density at radius 3 is 2.93 bits per heavy atom. The van der Waals surface area contributed by atoms with Gasteiger partial charge in [0.2, 0.25) is 5.88 Å². The molecule has 2 N–H and O–H groups in total. The Morgan fingerprint density at radius 1 is 1.53 bits per heavy atom. The molecule has 0 aliphatic heterocycles. The molecule has 0 fully saturated rings. The maximum atomic E-state index is 5.88. The van der Waals surface area contributed by atoms with Crippen molar-refractivity contribution in [3.05, 3.63) is 11.3 Å². The fraction of sp³-hybridized carbons (Fsp3) is 0.600. The molecule has 1 atom stereocenters. The van der Waals surface area contributed by atoms with Crippen LogP contribution in [-0.2, 0) is 0 Å². The molecule has 0 saturated heterocycles. The second kappa shape index (κ2) is 5.75. The highest BCUT2D eigenvalue weighted by atomic mass is 35.5. The minimum absolute atomic E-state index is 0.254. The number of rotatable bonds is 5. The lowest BCUT2D eigenvalue weighted by molar-refractivity contribution is 0.243. The SMILES string of the molecule is CCCC(C)COc1ncnc(N)c1Cl. The summed E-state index contributed by atoms with van der Waals surface area (Å²) in [5, 5.41) is 0.293. The molecule has 0 saturated carbocycles. The number of nitrogens with two attached hydrogens (primary N) is 1. The van der Waals surface area contributed by atoms with Crippen molar-refractivity contribution in [2.75, 3.05) is 12.3 Å². The van der Waals surface area contributed by atoms with Crippen LogP contribution in [0.25, 0.3) is 0 Å². The van der Waals surface area contributed by atoms with Crippen molar-refractivity contribution in [2.45, 2.75) is 26.7 Å². The fourth-order valence-electron chi connectivity index (χ4n) is 1.26. The van der Waals surface area contributed by atoms with Crippen LogP contribution in [0.3, 0.4) is 0 Å². The summed E-state index contributed by atoms with van der Waals surface area (Å²) in [6, 6.07) is 0. The zero-order valence-corrected chi connectivity index (χ0v) is 9.79. The molecular formula is C10H16ClN3O. The highest BCUT2D eigenvalue weighted by molar-refractivity contribution is 6.33. The first-order valence-electron chi connectivity index (χ1n) is 5.04. The Morgan fingerprint density at radius 2 is 2.27 bits per heavy atom. The van der Waals surface area contributed by atoms with Crippen LogP contribution in [0.1, 0.15) is 26.7 Å². The van der Waals surface area contributed by atoms with E-state index in [2.05, 4.69) is 23.8 Å². The molecule has 0 aliphatic rings. The predicted molar refractivity (Wildman–Crippen MR) is 61.0 cm³/mol. The molecule has 1 aromatic heterocycles. The number of nitrogens with zero attached hydrogens (tertiary/aromatic N) is 2. The molecule has 0 bridgehead atoms. The molecule has 1 rings (SSSR count). The lowest BCUT2D eigenvalue weighted by Gasteiger charge is -2.12. The van der Waals surface area contributed by atoms with Crippen LogP contribution in [-0.4, -0.2) is 16.6 Å². The van der Waals surface area contributed by atoms with Crippen molar-refractivity contribution in [1.82, 2.24) is 9.97 Å². The molecule has 0 amide bonds. The minimum Gasteiger partial charge on any atom is -0.476 e. The zero-order chi connectivity index (χ0) is 11.3. The number of ether oxygens (including phenoxy) is 1. The van der Waals surface area contributed by atoms with Gasteiger partial charge in [0.15, 0.2) is 0 Å². The number of anilines is 1. The first-order chi connectivity index (χ1) is 7.15. The maximum Gasteiger partial charge on any atom is 0.237 e. The summed E-state index contributed by atoms with van der Waals surface area (Å²) in [4.78, 5) is 7.68. The van der Waals surface area contributed by atoms with Gasteiger partial charge in [-0.25, -0.2) is 9.97 Å². The van der Waals surface area contributed by atoms with Crippen LogP contribution in [0.5, 0.6) is 5.88 Å². The third-order valence-corrected chi connectivity index (χ3v) is 2.43. The molecule has 5 heteroatoms. The van der Waals surface area contributed by atoms with Gasteiger partial charge in [-0.15, -0.1) is 0 Å². The van der Waals surface area contributed by atoms with E-state index in [0.29, 0.717) is 23.4 Å². The summed E-state index contributed by atoms with van der Waals surface area (Å²) in [7, 11) is 0. The van der Waals surface area contributed by atoms with E-state index >= 15 is 0 Å². The summed E-state index contributed by atoms with van der Waals surface area (Å²) in [5.41, 5.74) is 5.52. The van der Waals surface area contributed by atoms with Crippen LogP contribution in [0.15, 0.2) is 6.33 Å². The molecular weight excluding hydrogens is 214 g/mol. The summed E-state index contributed by atoms with van der Waals surface area (Å²) in [5.74, 6) is 1.11. The van der Waals surface area contributed by atoms with Gasteiger partial charge in [0.05, 0.1) is 6.61 Å². The highest BCUT2D eigenvalue weighted by Gasteiger charge is 2.09. The largest absolute Gasteiger partial charge is 0.476 e. The van der Waals surface area contributed by atoms with Gasteiger partial charge in [-0.1, -0.05) is 31.9 Å². The Hall–Kier alpha value is -1.03. The molecule has 84 valence electrons. The Balaban J connectivity index is 2.54. The van der Waals surface area contributed by atoms with E-state index in [1.54, 1.807) is 0 Å². The van der Waals surface area contributed by atoms with Crippen molar-refractivity contribution in [3.8, 4) is 5.88 Å².